The van der Waals surface area contributed by atoms with E-state index in [4.69, 9.17) is 16.4 Å². The normalized spacial score (nSPS) is 11.9. The molecule has 0 aliphatic heterocycles. The van der Waals surface area contributed by atoms with Gasteiger partial charge in [0.2, 0.25) is 0 Å². The van der Waals surface area contributed by atoms with Gasteiger partial charge in [0.1, 0.15) is 12.4 Å². The molecule has 0 aliphatic carbocycles. The van der Waals surface area contributed by atoms with E-state index >= 15 is 0 Å². The first kappa shape index (κ1) is 20.7. The van der Waals surface area contributed by atoms with E-state index in [0.717, 1.165) is 3.57 Å². The Labute approximate surface area is 169 Å². The number of nitrogens with one attached hydrogen (secondary N) is 2. The van der Waals surface area contributed by atoms with Crippen LogP contribution in [0.1, 0.15) is 22.8 Å². The van der Waals surface area contributed by atoms with Gasteiger partial charge in [0, 0.05) is 16.2 Å². The summed E-state index contributed by atoms with van der Waals surface area (Å²) in [7, 11) is 1.56. The van der Waals surface area contributed by atoms with Crippen LogP contribution in [0.2, 0.25) is 5.02 Å². The van der Waals surface area contributed by atoms with E-state index in [1.807, 2.05) is 6.07 Å². The molecule has 1 amide bonds. The van der Waals surface area contributed by atoms with E-state index in [9.17, 15) is 14.7 Å². The highest BCUT2D eigenvalue weighted by atomic mass is 127. The Balaban J connectivity index is 2.41. The fraction of sp³-hybridized carbons (Fsp3) is 0.294. The van der Waals surface area contributed by atoms with Crippen LogP contribution in [0.15, 0.2) is 29.1 Å². The number of hydrogen-bond acceptors (Lipinski definition) is 5. The summed E-state index contributed by atoms with van der Waals surface area (Å²) >= 11 is 8.38. The van der Waals surface area contributed by atoms with Gasteiger partial charge < -0.3 is 10.4 Å². The topological polar surface area (TPSA) is 92.6 Å². The van der Waals surface area contributed by atoms with Crippen molar-refractivity contribution < 1.29 is 14.7 Å². The summed E-state index contributed by atoms with van der Waals surface area (Å²) in [5.41, 5.74) is 3.21. The van der Waals surface area contributed by atoms with Crippen LogP contribution < -0.4 is 16.4 Å². The second-order valence-electron chi connectivity index (χ2n) is 5.79. The highest BCUT2D eigenvalue weighted by molar-refractivity contribution is 14.1. The third-order valence-electron chi connectivity index (χ3n) is 3.51. The maximum Gasteiger partial charge on any atom is 0.278 e. The molecule has 1 aromatic carbocycles. The molecule has 0 radical (unpaired) electrons. The molecule has 0 saturated carbocycles. The highest BCUT2D eigenvalue weighted by Crippen LogP contribution is 2.28. The number of pyridine rings is 1. The molecule has 1 unspecified atom stereocenters. The Morgan fingerprint density at radius 3 is 2.73 bits per heavy atom. The predicted octanol–water partition coefficient (Wildman–Crippen LogP) is 2.74. The zero-order valence-electron chi connectivity index (χ0n) is 14.5. The van der Waals surface area contributed by atoms with Crippen molar-refractivity contribution in [2.24, 2.45) is 7.05 Å². The summed E-state index contributed by atoms with van der Waals surface area (Å²) in [5, 5.41) is 12.7. The van der Waals surface area contributed by atoms with Crippen molar-refractivity contribution in [2.75, 3.05) is 11.9 Å². The molecule has 0 fully saturated rings. The number of hydroxylamine groups is 1. The second kappa shape index (κ2) is 8.85. The molecule has 0 aliphatic rings. The first-order valence-electron chi connectivity index (χ1n) is 7.73. The van der Waals surface area contributed by atoms with Gasteiger partial charge >= 0.3 is 0 Å². The molecule has 9 heteroatoms. The SMILES string of the molecule is Cc1cc(C(=O)NOCC(C)O)c(Nc2ccc(I)cc2Cl)n(C)c1=O. The quantitative estimate of drug-likeness (QED) is 0.427. The maximum atomic E-state index is 12.5. The van der Waals surface area contributed by atoms with Crippen LogP contribution >= 0.6 is 34.2 Å². The number of carbonyl (C=O) groups excluding carboxylic acids is 1. The van der Waals surface area contributed by atoms with Crippen LogP contribution in [0.25, 0.3) is 0 Å². The van der Waals surface area contributed by atoms with Crippen molar-refractivity contribution in [3.63, 3.8) is 0 Å². The second-order valence-corrected chi connectivity index (χ2v) is 7.45. The van der Waals surface area contributed by atoms with E-state index in [2.05, 4.69) is 33.4 Å². The molecule has 2 rings (SSSR count). The molecule has 1 atom stereocenters. The lowest BCUT2D eigenvalue weighted by molar-refractivity contribution is -0.00685. The fourth-order valence-electron chi connectivity index (χ4n) is 2.22. The van der Waals surface area contributed by atoms with Crippen molar-refractivity contribution in [2.45, 2.75) is 20.0 Å². The summed E-state index contributed by atoms with van der Waals surface area (Å²) in [6.45, 7) is 3.11. The molecular formula is C17H19ClIN3O4. The van der Waals surface area contributed by atoms with Gasteiger partial charge in [0.05, 0.1) is 22.4 Å². The van der Waals surface area contributed by atoms with Crippen molar-refractivity contribution in [1.29, 1.82) is 0 Å². The van der Waals surface area contributed by atoms with E-state index in [0.29, 0.717) is 16.3 Å². The third kappa shape index (κ3) is 4.97. The molecule has 1 aromatic heterocycles. The average Bonchev–Trinajstić information content (AvgIpc) is 2.56. The Hall–Kier alpha value is -1.62. The van der Waals surface area contributed by atoms with Crippen LogP contribution in [0.5, 0.6) is 0 Å². The monoisotopic (exact) mass is 491 g/mol. The Morgan fingerprint density at radius 1 is 1.42 bits per heavy atom. The highest BCUT2D eigenvalue weighted by Gasteiger charge is 2.18. The largest absolute Gasteiger partial charge is 0.391 e. The molecular weight excluding hydrogens is 473 g/mol. The molecule has 26 heavy (non-hydrogen) atoms. The van der Waals surface area contributed by atoms with E-state index in [-0.39, 0.29) is 23.5 Å². The molecule has 0 spiro atoms. The molecule has 2 aromatic rings. The zero-order chi connectivity index (χ0) is 19.4. The summed E-state index contributed by atoms with van der Waals surface area (Å²) in [4.78, 5) is 29.7. The first-order valence-corrected chi connectivity index (χ1v) is 9.19. The van der Waals surface area contributed by atoms with Gasteiger partial charge in [0.25, 0.3) is 11.5 Å². The molecule has 1 heterocycles. The summed E-state index contributed by atoms with van der Waals surface area (Å²) < 4.78 is 2.30. The van der Waals surface area contributed by atoms with Crippen molar-refractivity contribution in [1.82, 2.24) is 10.0 Å². The number of hydrogen-bond donors (Lipinski definition) is 3. The van der Waals surface area contributed by atoms with Gasteiger partial charge in [-0.25, -0.2) is 5.48 Å². The molecule has 3 N–H and O–H groups in total. The summed E-state index contributed by atoms with van der Waals surface area (Å²) in [6, 6.07) is 6.86. The molecule has 0 bridgehead atoms. The van der Waals surface area contributed by atoms with Crippen LogP contribution in [0.4, 0.5) is 11.5 Å². The standard InChI is InChI=1S/C17H19ClIN3O4/c1-9-6-12(16(24)21-26-8-10(2)23)15(22(3)17(9)25)20-14-5-4-11(19)7-13(14)18/h4-7,10,20,23H,8H2,1-3H3,(H,21,24). The average molecular weight is 492 g/mol. The van der Waals surface area contributed by atoms with Crippen LogP contribution in [-0.2, 0) is 11.9 Å². The van der Waals surface area contributed by atoms with Crippen LogP contribution in [0, 0.1) is 10.5 Å². The van der Waals surface area contributed by atoms with Crippen molar-refractivity contribution >= 4 is 51.6 Å². The van der Waals surface area contributed by atoms with E-state index in [1.165, 1.54) is 17.6 Å². The minimum atomic E-state index is -0.722. The number of benzene rings is 1. The minimum Gasteiger partial charge on any atom is -0.391 e. The van der Waals surface area contributed by atoms with Gasteiger partial charge in [-0.3, -0.25) is 19.0 Å². The minimum absolute atomic E-state index is 0.0534. The van der Waals surface area contributed by atoms with E-state index < -0.39 is 12.0 Å². The number of aromatic nitrogens is 1. The smallest absolute Gasteiger partial charge is 0.278 e. The van der Waals surface area contributed by atoms with Gasteiger partial charge in [-0.15, -0.1) is 0 Å². The Morgan fingerprint density at radius 2 is 2.12 bits per heavy atom. The molecule has 7 nitrogen and oxygen atoms in total. The lowest BCUT2D eigenvalue weighted by Crippen LogP contribution is -2.31. The maximum absolute atomic E-state index is 12.5. The Bertz CT molecular complexity index is 883. The number of halogens is 2. The fourth-order valence-corrected chi connectivity index (χ4v) is 3.12. The Kier molecular flexibility index (Phi) is 7.04. The predicted molar refractivity (Wildman–Crippen MR) is 109 cm³/mol. The number of rotatable bonds is 6. The van der Waals surface area contributed by atoms with Gasteiger partial charge in [0.15, 0.2) is 0 Å². The summed E-state index contributed by atoms with van der Waals surface area (Å²) in [6.07, 6.45) is -0.722. The number of aliphatic hydroxyl groups is 1. The number of anilines is 2. The zero-order valence-corrected chi connectivity index (χ0v) is 17.4. The number of amides is 1. The number of aryl methyl sites for hydroxylation is 1. The van der Waals surface area contributed by atoms with Crippen molar-refractivity contribution in [3.05, 3.63) is 54.3 Å². The van der Waals surface area contributed by atoms with E-state index in [1.54, 1.807) is 26.1 Å². The van der Waals surface area contributed by atoms with Crippen LogP contribution in [0.3, 0.4) is 0 Å². The molecule has 140 valence electrons. The van der Waals surface area contributed by atoms with Gasteiger partial charge in [-0.2, -0.15) is 0 Å². The summed E-state index contributed by atoms with van der Waals surface area (Å²) in [5.74, 6) is -0.268. The molecule has 0 saturated heterocycles. The first-order chi connectivity index (χ1) is 12.2. The number of nitrogens with zero attached hydrogens (tertiary/aromatic N) is 1. The number of carbonyl (C=O) groups is 1. The van der Waals surface area contributed by atoms with Crippen LogP contribution in [-0.4, -0.2) is 28.3 Å². The lowest BCUT2D eigenvalue weighted by Gasteiger charge is -2.17. The lowest BCUT2D eigenvalue weighted by atomic mass is 10.1. The number of aliphatic hydroxyl groups excluding tert-OH is 1. The van der Waals surface area contributed by atoms with Crippen molar-refractivity contribution in [3.8, 4) is 0 Å². The third-order valence-corrected chi connectivity index (χ3v) is 4.50. The van der Waals surface area contributed by atoms with Gasteiger partial charge in [-0.05, 0) is 60.7 Å². The van der Waals surface area contributed by atoms with Gasteiger partial charge in [-0.1, -0.05) is 11.6 Å².